The van der Waals surface area contributed by atoms with Gasteiger partial charge >= 0.3 is 6.01 Å². The number of fused-ring (bicyclic) bond motifs is 2. The maximum Gasteiger partial charge on any atom is 0.304 e. The number of amides is 1. The number of anilines is 2. The van der Waals surface area contributed by atoms with Gasteiger partial charge in [0.1, 0.15) is 11.3 Å². The third-order valence-corrected chi connectivity index (χ3v) is 5.77. The van der Waals surface area contributed by atoms with Crippen LogP contribution in [-0.4, -0.2) is 39.1 Å². The number of rotatable bonds is 6. The van der Waals surface area contributed by atoms with Crippen molar-refractivity contribution in [3.8, 4) is 12.0 Å². The Hall–Kier alpha value is -4.21. The van der Waals surface area contributed by atoms with Crippen molar-refractivity contribution in [2.45, 2.75) is 25.8 Å². The summed E-state index contributed by atoms with van der Waals surface area (Å²) in [6.07, 6.45) is 2.76. The first-order valence-corrected chi connectivity index (χ1v) is 11.0. The summed E-state index contributed by atoms with van der Waals surface area (Å²) in [5.74, 6) is 0.0770. The predicted octanol–water partition coefficient (Wildman–Crippen LogP) is 3.42. The fraction of sp³-hybridized carbons (Fsp3) is 0.250. The van der Waals surface area contributed by atoms with Gasteiger partial charge in [0, 0.05) is 13.1 Å². The molecule has 0 saturated heterocycles. The zero-order chi connectivity index (χ0) is 23.7. The minimum atomic E-state index is -0.581. The molecule has 4 N–H and O–H groups in total. The van der Waals surface area contributed by atoms with E-state index in [1.165, 1.54) is 19.2 Å². The Labute approximate surface area is 195 Å². The summed E-state index contributed by atoms with van der Waals surface area (Å²) in [6, 6.07) is 11.8. The molecule has 0 radical (unpaired) electrons. The lowest BCUT2D eigenvalue weighted by Gasteiger charge is -2.17. The number of carbonyl (C=O) groups is 1. The number of primary amides is 1. The van der Waals surface area contributed by atoms with Crippen LogP contribution >= 0.6 is 0 Å². The van der Waals surface area contributed by atoms with Crippen molar-refractivity contribution in [3.63, 3.8) is 0 Å². The number of benzene rings is 2. The summed E-state index contributed by atoms with van der Waals surface area (Å²) in [5, 5.41) is 6.76. The molecule has 0 unspecified atom stereocenters. The summed E-state index contributed by atoms with van der Waals surface area (Å²) >= 11 is 0. The van der Waals surface area contributed by atoms with Gasteiger partial charge in [-0.3, -0.25) is 4.79 Å². The van der Waals surface area contributed by atoms with E-state index in [1.54, 1.807) is 22.8 Å². The number of hydrogen-bond donors (Lipinski definition) is 3. The molecule has 5 rings (SSSR count). The Morgan fingerprint density at radius 3 is 2.85 bits per heavy atom. The van der Waals surface area contributed by atoms with Crippen LogP contribution in [0.1, 0.15) is 34.5 Å². The van der Waals surface area contributed by atoms with Gasteiger partial charge in [-0.15, -0.1) is 0 Å². The zero-order valence-corrected chi connectivity index (χ0v) is 18.6. The van der Waals surface area contributed by atoms with Crippen LogP contribution in [-0.2, 0) is 13.0 Å². The van der Waals surface area contributed by atoms with Crippen LogP contribution in [0.2, 0.25) is 0 Å². The molecular weight excluding hydrogens is 437 g/mol. The average molecular weight is 462 g/mol. The maximum absolute atomic E-state index is 13.7. The number of halogens is 1. The van der Waals surface area contributed by atoms with E-state index in [9.17, 15) is 9.18 Å². The third kappa shape index (κ3) is 3.98. The second-order valence-corrected chi connectivity index (χ2v) is 8.03. The van der Waals surface area contributed by atoms with Gasteiger partial charge in [0.2, 0.25) is 5.95 Å². The molecular formula is C24H24FN7O2. The monoisotopic (exact) mass is 461 g/mol. The van der Waals surface area contributed by atoms with Crippen molar-refractivity contribution in [2.75, 3.05) is 24.3 Å². The Kier molecular flexibility index (Phi) is 5.70. The molecule has 0 fully saturated rings. The molecule has 4 aromatic rings. The highest BCUT2D eigenvalue weighted by Crippen LogP contribution is 2.32. The van der Waals surface area contributed by atoms with E-state index in [1.807, 2.05) is 12.1 Å². The molecule has 174 valence electrons. The number of nitrogens with two attached hydrogens (primary N) is 1. The van der Waals surface area contributed by atoms with Crippen LogP contribution in [0.4, 0.5) is 15.9 Å². The fourth-order valence-corrected chi connectivity index (χ4v) is 4.16. The molecule has 0 aliphatic carbocycles. The molecule has 34 heavy (non-hydrogen) atoms. The Bertz CT molecular complexity index is 1390. The second kappa shape index (κ2) is 8.97. The van der Waals surface area contributed by atoms with Gasteiger partial charge in [-0.1, -0.05) is 18.2 Å². The van der Waals surface area contributed by atoms with E-state index in [0.717, 1.165) is 42.8 Å². The van der Waals surface area contributed by atoms with Crippen molar-refractivity contribution in [2.24, 2.45) is 5.73 Å². The fourth-order valence-electron chi connectivity index (χ4n) is 4.16. The molecule has 0 spiro atoms. The van der Waals surface area contributed by atoms with Crippen molar-refractivity contribution >= 4 is 28.4 Å². The maximum atomic E-state index is 13.7. The van der Waals surface area contributed by atoms with E-state index in [-0.39, 0.29) is 17.4 Å². The van der Waals surface area contributed by atoms with Crippen LogP contribution in [0, 0.1) is 5.82 Å². The summed E-state index contributed by atoms with van der Waals surface area (Å²) < 4.78 is 20.8. The van der Waals surface area contributed by atoms with E-state index >= 15 is 0 Å². The summed E-state index contributed by atoms with van der Waals surface area (Å²) in [4.78, 5) is 26.0. The number of ether oxygens (including phenoxy) is 1. The van der Waals surface area contributed by atoms with Crippen molar-refractivity contribution < 1.29 is 13.9 Å². The largest absolute Gasteiger partial charge is 0.468 e. The quantitative estimate of drug-likeness (QED) is 0.402. The number of para-hydroxylation sites is 1. The summed E-state index contributed by atoms with van der Waals surface area (Å²) in [5.41, 5.74) is 9.34. The number of hydrogen-bond acceptors (Lipinski definition) is 7. The normalized spacial score (nSPS) is 13.1. The molecule has 1 aliphatic rings. The zero-order valence-electron chi connectivity index (χ0n) is 18.6. The highest BCUT2D eigenvalue weighted by molar-refractivity contribution is 6.04. The Balaban J connectivity index is 1.64. The van der Waals surface area contributed by atoms with Gasteiger partial charge < -0.3 is 21.1 Å². The molecule has 3 heterocycles. The highest BCUT2D eigenvalue weighted by atomic mass is 19.1. The first-order valence-electron chi connectivity index (χ1n) is 11.0. The molecule has 2 aromatic heterocycles. The minimum Gasteiger partial charge on any atom is -0.468 e. The average Bonchev–Trinajstić information content (AvgIpc) is 3.05. The molecule has 10 heteroatoms. The minimum absolute atomic E-state index is 0.237. The number of nitrogens with one attached hydrogen (secondary N) is 2. The SMILES string of the molecule is COc1nc2c(C(N)=O)cccc2n1-c1nc2c(c(NCc3cccc(F)c3)n1)NCCCC2. The van der Waals surface area contributed by atoms with E-state index in [0.29, 0.717) is 29.3 Å². The molecule has 1 amide bonds. The first kappa shape index (κ1) is 21.6. The molecule has 0 bridgehead atoms. The smallest absolute Gasteiger partial charge is 0.304 e. The van der Waals surface area contributed by atoms with Gasteiger partial charge in [0.15, 0.2) is 5.82 Å². The van der Waals surface area contributed by atoms with Crippen molar-refractivity contribution in [1.82, 2.24) is 19.5 Å². The predicted molar refractivity (Wildman–Crippen MR) is 127 cm³/mol. The van der Waals surface area contributed by atoms with E-state index in [2.05, 4.69) is 15.6 Å². The Morgan fingerprint density at radius 2 is 2.06 bits per heavy atom. The van der Waals surface area contributed by atoms with Gasteiger partial charge in [-0.2, -0.15) is 9.97 Å². The Morgan fingerprint density at radius 1 is 1.21 bits per heavy atom. The molecule has 1 aliphatic heterocycles. The van der Waals surface area contributed by atoms with Crippen LogP contribution in [0.5, 0.6) is 6.01 Å². The van der Waals surface area contributed by atoms with Crippen LogP contribution in [0.25, 0.3) is 17.0 Å². The van der Waals surface area contributed by atoms with E-state index in [4.69, 9.17) is 20.4 Å². The lowest BCUT2D eigenvalue weighted by atomic mass is 10.2. The van der Waals surface area contributed by atoms with E-state index < -0.39 is 5.91 Å². The molecule has 0 saturated carbocycles. The van der Waals surface area contributed by atoms with Crippen LogP contribution in [0.15, 0.2) is 42.5 Å². The van der Waals surface area contributed by atoms with Gasteiger partial charge in [0.05, 0.1) is 29.6 Å². The highest BCUT2D eigenvalue weighted by Gasteiger charge is 2.23. The van der Waals surface area contributed by atoms with Crippen molar-refractivity contribution in [3.05, 3.63) is 65.1 Å². The number of carbonyl (C=O) groups excluding carboxylic acids is 1. The summed E-state index contributed by atoms with van der Waals surface area (Å²) in [7, 11) is 1.50. The number of aryl methyl sites for hydroxylation is 1. The lowest BCUT2D eigenvalue weighted by Crippen LogP contribution is -2.14. The lowest BCUT2D eigenvalue weighted by molar-refractivity contribution is 0.100. The second-order valence-electron chi connectivity index (χ2n) is 8.03. The van der Waals surface area contributed by atoms with Gasteiger partial charge in [-0.25, -0.2) is 13.9 Å². The van der Waals surface area contributed by atoms with Crippen LogP contribution in [0.3, 0.4) is 0 Å². The topological polar surface area (TPSA) is 120 Å². The number of imidazole rings is 1. The summed E-state index contributed by atoms with van der Waals surface area (Å²) in [6.45, 7) is 1.19. The number of nitrogens with zero attached hydrogens (tertiary/aromatic N) is 4. The molecule has 2 aromatic carbocycles. The number of methoxy groups -OCH3 is 1. The molecule has 9 nitrogen and oxygen atoms in total. The van der Waals surface area contributed by atoms with Gasteiger partial charge in [-0.05, 0) is 49.1 Å². The van der Waals surface area contributed by atoms with Gasteiger partial charge in [0.25, 0.3) is 5.91 Å². The third-order valence-electron chi connectivity index (χ3n) is 5.77. The first-order chi connectivity index (χ1) is 16.5. The molecule has 0 atom stereocenters. The number of aromatic nitrogens is 4. The van der Waals surface area contributed by atoms with Crippen LogP contribution < -0.4 is 21.1 Å². The standard InChI is InChI=1S/C24H24FN7O2/c1-34-24-30-19-16(21(26)33)8-5-10-18(19)32(24)23-29-17-9-2-3-11-27-20(17)22(31-23)28-13-14-6-4-7-15(25)12-14/h4-8,10,12,27H,2-3,9,11,13H2,1H3,(H2,26,33)(H,28,29,31). The van der Waals surface area contributed by atoms with Crippen molar-refractivity contribution in [1.29, 1.82) is 0 Å².